The summed E-state index contributed by atoms with van der Waals surface area (Å²) >= 11 is 0. The Kier molecular flexibility index (Phi) is 4.35. The first-order chi connectivity index (χ1) is 14.2. The van der Waals surface area contributed by atoms with Crippen molar-refractivity contribution >= 4 is 23.2 Å². The fourth-order valence-electron chi connectivity index (χ4n) is 3.57. The average Bonchev–Trinajstić information content (AvgIpc) is 3.33. The Hall–Kier alpha value is -3.48. The van der Waals surface area contributed by atoms with E-state index in [0.29, 0.717) is 29.9 Å². The molecule has 1 aromatic heterocycles. The van der Waals surface area contributed by atoms with Gasteiger partial charge in [0.05, 0.1) is 5.92 Å². The van der Waals surface area contributed by atoms with E-state index in [-0.39, 0.29) is 18.2 Å². The summed E-state index contributed by atoms with van der Waals surface area (Å²) in [7, 11) is 0. The Morgan fingerprint density at radius 1 is 1.10 bits per heavy atom. The molecule has 2 aromatic carbocycles. The molecule has 2 fully saturated rings. The molecule has 2 amide bonds. The first kappa shape index (κ1) is 17.6. The predicted octanol–water partition coefficient (Wildman–Crippen LogP) is 3.61. The molecule has 3 aromatic rings. The van der Waals surface area contributed by atoms with E-state index in [4.69, 9.17) is 4.52 Å². The third-order valence-corrected chi connectivity index (χ3v) is 5.32. The Balaban J connectivity index is 1.28. The molecule has 0 bridgehead atoms. The van der Waals surface area contributed by atoms with Gasteiger partial charge in [0.1, 0.15) is 0 Å². The molecular weight excluding hydrogens is 368 g/mol. The zero-order valence-corrected chi connectivity index (χ0v) is 15.7. The summed E-state index contributed by atoms with van der Waals surface area (Å²) in [6, 6.07) is 16.8. The lowest BCUT2D eigenvalue weighted by molar-refractivity contribution is -0.122. The quantitative estimate of drug-likeness (QED) is 0.721. The van der Waals surface area contributed by atoms with Crippen LogP contribution in [0.1, 0.15) is 31.1 Å². The first-order valence-electron chi connectivity index (χ1n) is 9.78. The number of anilines is 2. The van der Waals surface area contributed by atoms with Gasteiger partial charge < -0.3 is 14.7 Å². The van der Waals surface area contributed by atoms with E-state index in [9.17, 15) is 9.59 Å². The molecule has 1 saturated heterocycles. The Morgan fingerprint density at radius 2 is 1.93 bits per heavy atom. The van der Waals surface area contributed by atoms with E-state index in [1.165, 1.54) is 0 Å². The van der Waals surface area contributed by atoms with Crippen molar-refractivity contribution in [1.82, 2.24) is 10.1 Å². The minimum atomic E-state index is -0.391. The summed E-state index contributed by atoms with van der Waals surface area (Å²) in [6.07, 6.45) is 2.39. The van der Waals surface area contributed by atoms with Gasteiger partial charge in [-0.2, -0.15) is 4.98 Å². The van der Waals surface area contributed by atoms with E-state index in [0.717, 1.165) is 24.1 Å². The van der Waals surface area contributed by atoms with E-state index in [1.54, 1.807) is 4.90 Å². The third kappa shape index (κ3) is 3.63. The number of amides is 2. The van der Waals surface area contributed by atoms with Gasteiger partial charge in [-0.3, -0.25) is 9.59 Å². The van der Waals surface area contributed by atoms with Crippen LogP contribution in [0.2, 0.25) is 0 Å². The maximum absolute atomic E-state index is 12.7. The summed E-state index contributed by atoms with van der Waals surface area (Å²) in [5.41, 5.74) is 2.25. The lowest BCUT2D eigenvalue weighted by Crippen LogP contribution is -2.28. The van der Waals surface area contributed by atoms with Gasteiger partial charge in [0.15, 0.2) is 0 Å². The normalized spacial score (nSPS) is 18.8. The van der Waals surface area contributed by atoms with Crippen LogP contribution in [0.5, 0.6) is 0 Å². The molecule has 2 heterocycles. The number of nitrogens with one attached hydrogen (secondary N) is 1. The first-order valence-corrected chi connectivity index (χ1v) is 9.78. The fourth-order valence-corrected chi connectivity index (χ4v) is 3.57. The van der Waals surface area contributed by atoms with E-state index in [1.807, 2.05) is 54.6 Å². The maximum atomic E-state index is 12.7. The second-order valence-electron chi connectivity index (χ2n) is 7.54. The molecule has 0 radical (unpaired) electrons. The number of nitrogens with zero attached hydrogens (tertiary/aromatic N) is 3. The number of carbonyl (C=O) groups excluding carboxylic acids is 2. The highest BCUT2D eigenvalue weighted by Gasteiger charge is 2.35. The summed E-state index contributed by atoms with van der Waals surface area (Å²) in [5.74, 6) is 1.00. The molecule has 1 aliphatic heterocycles. The Labute approximate surface area is 167 Å². The molecule has 5 rings (SSSR count). The van der Waals surface area contributed by atoms with Crippen molar-refractivity contribution in [3.63, 3.8) is 0 Å². The second-order valence-corrected chi connectivity index (χ2v) is 7.54. The average molecular weight is 388 g/mol. The minimum absolute atomic E-state index is 0.0375. The van der Waals surface area contributed by atoms with Crippen LogP contribution in [-0.2, 0) is 9.59 Å². The lowest BCUT2D eigenvalue weighted by Gasteiger charge is -2.16. The number of carbonyl (C=O) groups is 2. The van der Waals surface area contributed by atoms with Gasteiger partial charge in [0.2, 0.25) is 23.5 Å². The molecule has 2 aliphatic rings. The molecule has 1 N–H and O–H groups in total. The molecule has 1 aliphatic carbocycles. The SMILES string of the molecule is O=C(Nc1cccc(-c2noc(C3CC3)n2)c1)[C@H]1CC(=O)N(c2ccccc2)C1. The topological polar surface area (TPSA) is 88.3 Å². The highest BCUT2D eigenvalue weighted by atomic mass is 16.5. The Bertz CT molecular complexity index is 1060. The standard InChI is InChI=1S/C22H20N4O3/c27-19-12-16(13-26(19)18-7-2-1-3-8-18)21(28)23-17-6-4-5-15(11-17)20-24-22(29-25-20)14-9-10-14/h1-8,11,14,16H,9-10,12-13H2,(H,23,28)/t16-/m0/s1. The van der Waals surface area contributed by atoms with Gasteiger partial charge in [-0.25, -0.2) is 0 Å². The monoisotopic (exact) mass is 388 g/mol. The van der Waals surface area contributed by atoms with Crippen LogP contribution in [0.25, 0.3) is 11.4 Å². The molecule has 29 heavy (non-hydrogen) atoms. The molecule has 7 nitrogen and oxygen atoms in total. The number of benzene rings is 2. The third-order valence-electron chi connectivity index (χ3n) is 5.32. The molecular formula is C22H20N4O3. The van der Waals surface area contributed by atoms with Gasteiger partial charge in [-0.05, 0) is 37.1 Å². The minimum Gasteiger partial charge on any atom is -0.339 e. The molecule has 146 valence electrons. The lowest BCUT2D eigenvalue weighted by atomic mass is 10.1. The molecule has 7 heteroatoms. The van der Waals surface area contributed by atoms with Gasteiger partial charge in [-0.1, -0.05) is 35.5 Å². The second kappa shape index (κ2) is 7.16. The van der Waals surface area contributed by atoms with Crippen LogP contribution in [0.3, 0.4) is 0 Å². The molecule has 1 atom stereocenters. The van der Waals surface area contributed by atoms with Crippen molar-refractivity contribution in [2.24, 2.45) is 5.92 Å². The van der Waals surface area contributed by atoms with Crippen LogP contribution in [0, 0.1) is 5.92 Å². The van der Waals surface area contributed by atoms with Gasteiger partial charge in [0.25, 0.3) is 0 Å². The van der Waals surface area contributed by atoms with E-state index < -0.39 is 5.92 Å². The highest BCUT2D eigenvalue weighted by Crippen LogP contribution is 2.39. The van der Waals surface area contributed by atoms with E-state index >= 15 is 0 Å². The Morgan fingerprint density at radius 3 is 2.72 bits per heavy atom. The van der Waals surface area contributed by atoms with Crippen LogP contribution >= 0.6 is 0 Å². The van der Waals surface area contributed by atoms with Crippen LogP contribution < -0.4 is 10.2 Å². The summed E-state index contributed by atoms with van der Waals surface area (Å²) in [6.45, 7) is 0.379. The van der Waals surface area contributed by atoms with Crippen molar-refractivity contribution in [1.29, 1.82) is 0 Å². The fraction of sp³-hybridized carbons (Fsp3) is 0.273. The van der Waals surface area contributed by atoms with Crippen molar-refractivity contribution in [2.75, 3.05) is 16.8 Å². The number of rotatable bonds is 5. The molecule has 1 saturated carbocycles. The summed E-state index contributed by atoms with van der Waals surface area (Å²) in [5, 5.41) is 6.97. The summed E-state index contributed by atoms with van der Waals surface area (Å²) in [4.78, 5) is 31.2. The smallest absolute Gasteiger partial charge is 0.230 e. The predicted molar refractivity (Wildman–Crippen MR) is 107 cm³/mol. The van der Waals surface area contributed by atoms with Gasteiger partial charge in [0, 0.05) is 35.8 Å². The maximum Gasteiger partial charge on any atom is 0.230 e. The number of para-hydroxylation sites is 1. The zero-order valence-electron chi connectivity index (χ0n) is 15.7. The van der Waals surface area contributed by atoms with Crippen LogP contribution in [-0.4, -0.2) is 28.5 Å². The van der Waals surface area contributed by atoms with Crippen molar-refractivity contribution in [3.8, 4) is 11.4 Å². The van der Waals surface area contributed by atoms with Crippen molar-refractivity contribution in [3.05, 3.63) is 60.5 Å². The number of hydrogen-bond donors (Lipinski definition) is 1. The highest BCUT2D eigenvalue weighted by molar-refractivity contribution is 6.03. The molecule has 0 unspecified atom stereocenters. The van der Waals surface area contributed by atoms with Crippen LogP contribution in [0.4, 0.5) is 11.4 Å². The zero-order chi connectivity index (χ0) is 19.8. The molecule has 0 spiro atoms. The van der Waals surface area contributed by atoms with Gasteiger partial charge in [-0.15, -0.1) is 0 Å². The number of aromatic nitrogens is 2. The van der Waals surface area contributed by atoms with Crippen LogP contribution in [0.15, 0.2) is 59.1 Å². The largest absolute Gasteiger partial charge is 0.339 e. The van der Waals surface area contributed by atoms with E-state index in [2.05, 4.69) is 15.5 Å². The van der Waals surface area contributed by atoms with Crippen molar-refractivity contribution < 1.29 is 14.1 Å². The summed E-state index contributed by atoms with van der Waals surface area (Å²) < 4.78 is 5.32. The van der Waals surface area contributed by atoms with Gasteiger partial charge >= 0.3 is 0 Å². The number of hydrogen-bond acceptors (Lipinski definition) is 5. The van der Waals surface area contributed by atoms with Crippen molar-refractivity contribution in [2.45, 2.75) is 25.2 Å².